The smallest absolute Gasteiger partial charge is 0.177 e. The molecular weight excluding hydrogens is 276 g/mol. The van der Waals surface area contributed by atoms with Crippen molar-refractivity contribution in [2.24, 2.45) is 5.16 Å². The Balaban J connectivity index is 0.00000361. The van der Waals surface area contributed by atoms with Gasteiger partial charge in [-0.3, -0.25) is 4.79 Å². The van der Waals surface area contributed by atoms with Gasteiger partial charge in [0.15, 0.2) is 5.78 Å². The lowest BCUT2D eigenvalue weighted by molar-refractivity contribution is -0.112. The molecule has 0 aliphatic rings. The highest BCUT2D eigenvalue weighted by Crippen LogP contribution is 2.05. The van der Waals surface area contributed by atoms with Crippen LogP contribution in [0.4, 0.5) is 0 Å². The van der Waals surface area contributed by atoms with Gasteiger partial charge in [0.1, 0.15) is 6.21 Å². The van der Waals surface area contributed by atoms with Crippen LogP contribution in [-0.4, -0.2) is 35.7 Å². The van der Waals surface area contributed by atoms with E-state index < -0.39 is 0 Å². The fourth-order valence-corrected chi connectivity index (χ4v) is 1.96. The zero-order valence-corrected chi connectivity index (χ0v) is 12.7. The summed E-state index contributed by atoms with van der Waals surface area (Å²) in [6, 6.07) is 10.4. The molecule has 1 rings (SSSR count). The number of Topliss-reactive ketones (excluding diaryl/α,β-unsaturated/α-hetero) is 1. The molecule has 0 saturated carbocycles. The maximum atomic E-state index is 11.1. The highest BCUT2D eigenvalue weighted by atomic mass is 35.5. The lowest BCUT2D eigenvalue weighted by Crippen LogP contribution is -2.19. The third-order valence-corrected chi connectivity index (χ3v) is 2.96. The second-order valence-corrected chi connectivity index (χ2v) is 4.74. The molecule has 1 N–H and O–H groups in total. The van der Waals surface area contributed by atoms with E-state index in [4.69, 9.17) is 5.21 Å². The van der Waals surface area contributed by atoms with Crippen molar-refractivity contribution in [3.05, 3.63) is 35.9 Å². The first kappa shape index (κ1) is 18.6. The van der Waals surface area contributed by atoms with Crippen LogP contribution in [0, 0.1) is 0 Å². The van der Waals surface area contributed by atoms with Crippen molar-refractivity contribution in [2.45, 2.75) is 32.2 Å². The Morgan fingerprint density at radius 2 is 1.95 bits per heavy atom. The van der Waals surface area contributed by atoms with Crippen LogP contribution in [-0.2, 0) is 11.3 Å². The van der Waals surface area contributed by atoms with Crippen LogP contribution in [0.2, 0.25) is 0 Å². The maximum absolute atomic E-state index is 11.1. The van der Waals surface area contributed by atoms with E-state index in [1.807, 2.05) is 6.07 Å². The molecule has 1 aromatic rings. The third kappa shape index (κ3) is 8.67. The van der Waals surface area contributed by atoms with Gasteiger partial charge in [-0.05, 0) is 32.0 Å². The molecule has 0 heterocycles. The summed E-state index contributed by atoms with van der Waals surface area (Å²) in [5.41, 5.74) is 1.32. The Morgan fingerprint density at radius 1 is 1.25 bits per heavy atom. The van der Waals surface area contributed by atoms with Gasteiger partial charge in [-0.15, -0.1) is 12.4 Å². The summed E-state index contributed by atoms with van der Waals surface area (Å²) < 4.78 is 0. The zero-order chi connectivity index (χ0) is 13.9. The molecule has 20 heavy (non-hydrogen) atoms. The number of hydrogen-bond acceptors (Lipinski definition) is 4. The van der Waals surface area contributed by atoms with Crippen LogP contribution in [0.25, 0.3) is 0 Å². The van der Waals surface area contributed by atoms with Crippen LogP contribution >= 0.6 is 12.4 Å². The molecule has 0 aliphatic heterocycles. The number of hydrogen-bond donors (Lipinski definition) is 1. The predicted molar refractivity (Wildman–Crippen MR) is 83.8 cm³/mol. The minimum Gasteiger partial charge on any atom is -0.411 e. The third-order valence-electron chi connectivity index (χ3n) is 2.96. The number of ketones is 1. The lowest BCUT2D eigenvalue weighted by Gasteiger charge is -2.16. The molecule has 4 nitrogen and oxygen atoms in total. The number of benzene rings is 1. The molecule has 5 heteroatoms. The summed E-state index contributed by atoms with van der Waals surface area (Å²) in [7, 11) is 2.11. The van der Waals surface area contributed by atoms with Crippen molar-refractivity contribution in [3.8, 4) is 0 Å². The fraction of sp³-hybridized carbons (Fsp3) is 0.467. The minimum absolute atomic E-state index is 0. The average Bonchev–Trinajstić information content (AvgIpc) is 2.40. The number of halogens is 1. The molecule has 0 radical (unpaired) electrons. The van der Waals surface area contributed by atoms with E-state index >= 15 is 0 Å². The normalized spacial score (nSPS) is 10.7. The van der Waals surface area contributed by atoms with E-state index in [0.29, 0.717) is 6.42 Å². The predicted octanol–water partition coefficient (Wildman–Crippen LogP) is 3.13. The van der Waals surface area contributed by atoms with Gasteiger partial charge >= 0.3 is 0 Å². The molecule has 112 valence electrons. The maximum Gasteiger partial charge on any atom is 0.177 e. The first-order valence-electron chi connectivity index (χ1n) is 6.65. The van der Waals surface area contributed by atoms with E-state index in [9.17, 15) is 4.79 Å². The largest absolute Gasteiger partial charge is 0.411 e. The van der Waals surface area contributed by atoms with Crippen molar-refractivity contribution in [2.75, 3.05) is 13.6 Å². The van der Waals surface area contributed by atoms with Crippen molar-refractivity contribution in [1.82, 2.24) is 4.90 Å². The van der Waals surface area contributed by atoms with Gasteiger partial charge in [-0.2, -0.15) is 0 Å². The Bertz CT molecular complexity index is 396. The van der Waals surface area contributed by atoms with Crippen LogP contribution in [0.15, 0.2) is 35.5 Å². The van der Waals surface area contributed by atoms with Gasteiger partial charge in [-0.25, -0.2) is 0 Å². The van der Waals surface area contributed by atoms with Crippen molar-refractivity contribution < 1.29 is 10.0 Å². The van der Waals surface area contributed by atoms with E-state index in [1.54, 1.807) is 0 Å². The van der Waals surface area contributed by atoms with Gasteiger partial charge in [0.05, 0.1) is 0 Å². The molecule has 0 spiro atoms. The van der Waals surface area contributed by atoms with Crippen molar-refractivity contribution >= 4 is 24.4 Å². The summed E-state index contributed by atoms with van der Waals surface area (Å²) in [5.74, 6) is -0.111. The average molecular weight is 299 g/mol. The molecule has 0 amide bonds. The highest BCUT2D eigenvalue weighted by molar-refractivity contribution is 6.27. The number of carbonyl (C=O) groups is 1. The number of oxime groups is 1. The first-order chi connectivity index (χ1) is 9.22. The Labute approximate surface area is 126 Å². The Kier molecular flexibility index (Phi) is 10.6. The SMILES string of the molecule is CN(CCCCCC(=O)C=NO)Cc1ccccc1.Cl. The van der Waals surface area contributed by atoms with Crippen molar-refractivity contribution in [1.29, 1.82) is 0 Å². The summed E-state index contributed by atoms with van der Waals surface area (Å²) in [6.07, 6.45) is 4.38. The number of unbranched alkanes of at least 4 members (excludes halogenated alkanes) is 2. The highest BCUT2D eigenvalue weighted by Gasteiger charge is 2.01. The second-order valence-electron chi connectivity index (χ2n) is 4.74. The van der Waals surface area contributed by atoms with Crippen molar-refractivity contribution in [3.63, 3.8) is 0 Å². The summed E-state index contributed by atoms with van der Waals surface area (Å²) in [5, 5.41) is 10.9. The molecule has 0 unspecified atom stereocenters. The molecule has 0 bridgehead atoms. The van der Waals surface area contributed by atoms with Crippen LogP contribution in [0.5, 0.6) is 0 Å². The van der Waals surface area contributed by atoms with Crippen LogP contribution in [0.3, 0.4) is 0 Å². The number of carbonyl (C=O) groups excluding carboxylic acids is 1. The van der Waals surface area contributed by atoms with E-state index in [0.717, 1.165) is 38.6 Å². The van der Waals surface area contributed by atoms with Gasteiger partial charge in [0.25, 0.3) is 0 Å². The van der Waals surface area contributed by atoms with Crippen LogP contribution in [0.1, 0.15) is 31.2 Å². The Hall–Kier alpha value is -1.39. The lowest BCUT2D eigenvalue weighted by atomic mass is 10.1. The number of rotatable bonds is 9. The fourth-order valence-electron chi connectivity index (χ4n) is 1.96. The van der Waals surface area contributed by atoms with E-state index in [2.05, 4.69) is 41.4 Å². The van der Waals surface area contributed by atoms with Gasteiger partial charge in [0, 0.05) is 13.0 Å². The number of nitrogens with zero attached hydrogens (tertiary/aromatic N) is 2. The van der Waals surface area contributed by atoms with Gasteiger partial charge in [-0.1, -0.05) is 41.9 Å². The molecule has 0 atom stereocenters. The zero-order valence-electron chi connectivity index (χ0n) is 11.9. The quantitative estimate of drug-likeness (QED) is 0.330. The molecule has 0 aliphatic carbocycles. The standard InChI is InChI=1S/C15H22N2O2.ClH/c1-17(13-14-8-4-2-5-9-14)11-7-3-6-10-15(18)12-16-19;/h2,4-5,8-9,12,19H,3,6-7,10-11,13H2,1H3;1H. The molecule has 1 aromatic carbocycles. The monoisotopic (exact) mass is 298 g/mol. The van der Waals surface area contributed by atoms with Gasteiger partial charge in [0.2, 0.25) is 0 Å². The molecule has 0 aromatic heterocycles. The first-order valence-corrected chi connectivity index (χ1v) is 6.65. The summed E-state index contributed by atoms with van der Waals surface area (Å²) in [6.45, 7) is 1.98. The summed E-state index contributed by atoms with van der Waals surface area (Å²) >= 11 is 0. The second kappa shape index (κ2) is 11.4. The van der Waals surface area contributed by atoms with Crippen LogP contribution < -0.4 is 0 Å². The van der Waals surface area contributed by atoms with E-state index in [1.165, 1.54) is 5.56 Å². The van der Waals surface area contributed by atoms with E-state index in [-0.39, 0.29) is 18.2 Å². The molecular formula is C15H23ClN2O2. The minimum atomic E-state index is -0.111. The molecule has 0 fully saturated rings. The summed E-state index contributed by atoms with van der Waals surface area (Å²) in [4.78, 5) is 13.3. The molecule has 0 saturated heterocycles. The van der Waals surface area contributed by atoms with Gasteiger partial charge < -0.3 is 10.1 Å². The Morgan fingerprint density at radius 3 is 2.60 bits per heavy atom. The topological polar surface area (TPSA) is 52.9 Å².